The molecule has 0 aliphatic carbocycles. The summed E-state index contributed by atoms with van der Waals surface area (Å²) in [6.45, 7) is 44.0. The average molecular weight is 645 g/mol. The summed E-state index contributed by atoms with van der Waals surface area (Å²) < 4.78 is 7.99. The Balaban J connectivity index is 3.12. The molecule has 0 saturated carbocycles. The van der Waals surface area contributed by atoms with Gasteiger partial charge in [-0.05, 0) is 72.0 Å². The van der Waals surface area contributed by atoms with Gasteiger partial charge in [0.1, 0.15) is 8.52 Å². The predicted molar refractivity (Wildman–Crippen MR) is 200 cm³/mol. The van der Waals surface area contributed by atoms with E-state index in [9.17, 15) is 0 Å². The first kappa shape index (κ1) is 38.2. The summed E-state index contributed by atoms with van der Waals surface area (Å²) in [5, 5.41) is 0. The molecule has 2 aromatic carbocycles. The van der Waals surface area contributed by atoms with Gasteiger partial charge in [0.2, 0.25) is 0 Å². The van der Waals surface area contributed by atoms with Crippen molar-refractivity contribution in [2.45, 2.75) is 164 Å². The first-order valence-corrected chi connectivity index (χ1v) is 19.2. The fourth-order valence-electron chi connectivity index (χ4n) is 5.16. The number of hydrogen-bond donors (Lipinski definition) is 0. The van der Waals surface area contributed by atoms with Crippen LogP contribution in [0.15, 0.2) is 29.0 Å². The van der Waals surface area contributed by atoms with E-state index in [1.807, 2.05) is 0 Å². The lowest BCUT2D eigenvalue weighted by Crippen LogP contribution is -2.25. The minimum Gasteiger partial charge on any atom is -0.273 e. The van der Waals surface area contributed by atoms with Crippen molar-refractivity contribution in [3.63, 3.8) is 0 Å². The number of rotatable bonds is 5. The Hall–Kier alpha value is -0.940. The molecule has 0 bridgehead atoms. The molecule has 0 aliphatic heterocycles. The molecule has 5 heteroatoms. The lowest BCUT2D eigenvalue weighted by atomic mass is 9.74. The van der Waals surface area contributed by atoms with E-state index in [0.717, 1.165) is 20.4 Å². The third kappa shape index (κ3) is 9.30. The minimum absolute atomic E-state index is 0.0416. The Kier molecular flexibility index (Phi) is 11.3. The fourth-order valence-corrected chi connectivity index (χ4v) is 7.90. The van der Waals surface area contributed by atoms with Crippen LogP contribution >= 0.6 is 27.2 Å². The molecular formula is C38H63ClN2P2. The maximum absolute atomic E-state index is 7.37. The summed E-state index contributed by atoms with van der Waals surface area (Å²) in [5.41, 5.74) is 10.3. The van der Waals surface area contributed by atoms with Crippen molar-refractivity contribution in [1.29, 1.82) is 0 Å². The zero-order chi connectivity index (χ0) is 33.7. The third-order valence-electron chi connectivity index (χ3n) is 8.08. The summed E-state index contributed by atoms with van der Waals surface area (Å²) in [4.78, 5) is 0. The Bertz CT molecular complexity index is 1240. The molecule has 1 unspecified atom stereocenters. The van der Waals surface area contributed by atoms with Crippen molar-refractivity contribution in [1.82, 2.24) is 0 Å². The van der Waals surface area contributed by atoms with Crippen LogP contribution in [0.25, 0.3) is 0 Å². The van der Waals surface area contributed by atoms with Crippen molar-refractivity contribution in [2.24, 2.45) is 4.74 Å². The van der Waals surface area contributed by atoms with E-state index in [1.54, 1.807) is 0 Å². The molecule has 0 radical (unpaired) electrons. The number of hydrogen-bond acceptors (Lipinski definition) is 1. The van der Waals surface area contributed by atoms with Crippen molar-refractivity contribution in [3.05, 3.63) is 57.6 Å². The largest absolute Gasteiger partial charge is 0.273 e. The summed E-state index contributed by atoms with van der Waals surface area (Å²) in [7, 11) is -0.103. The van der Waals surface area contributed by atoms with Crippen LogP contribution in [-0.4, -0.2) is 6.16 Å². The van der Waals surface area contributed by atoms with Crippen molar-refractivity contribution >= 4 is 38.6 Å². The van der Waals surface area contributed by atoms with Crippen LogP contribution in [0.4, 0.5) is 11.4 Å². The maximum Gasteiger partial charge on any atom is 0.137 e. The molecule has 43 heavy (non-hydrogen) atoms. The van der Waals surface area contributed by atoms with Crippen LogP contribution in [0.5, 0.6) is 0 Å². The van der Waals surface area contributed by atoms with Gasteiger partial charge in [0, 0.05) is 0 Å². The molecule has 2 aromatic rings. The molecule has 242 valence electrons. The summed E-state index contributed by atoms with van der Waals surface area (Å²) >= 11 is 7.37. The lowest BCUT2D eigenvalue weighted by Gasteiger charge is -2.38. The first-order chi connectivity index (χ1) is 19.0. The SMILES string of the molecule is CCP(Cl)N(P=Nc1c(C(C)(C)C)cc(C(C)(C)C)cc1C(C)(C)C)c1c(C(C)(C)C)cc(C(C)(C)C)cc1C(C)(C)C. The van der Waals surface area contributed by atoms with E-state index >= 15 is 0 Å². The van der Waals surface area contributed by atoms with E-state index in [-0.39, 0.29) is 32.5 Å². The fraction of sp³-hybridized carbons (Fsp3) is 0.684. The highest BCUT2D eigenvalue weighted by atomic mass is 35.7. The van der Waals surface area contributed by atoms with Crippen LogP contribution < -0.4 is 4.44 Å². The highest BCUT2D eigenvalue weighted by Gasteiger charge is 2.34. The summed E-state index contributed by atoms with van der Waals surface area (Å²) in [6, 6.07) is 9.72. The Morgan fingerprint density at radius 2 is 0.860 bits per heavy atom. The second-order valence-corrected chi connectivity index (χ2v) is 22.4. The Labute approximate surface area is 274 Å². The molecule has 0 aromatic heterocycles. The van der Waals surface area contributed by atoms with Crippen LogP contribution in [-0.2, 0) is 32.5 Å². The summed E-state index contributed by atoms with van der Waals surface area (Å²) in [5.74, 6) is 0. The topological polar surface area (TPSA) is 15.6 Å². The number of halogens is 1. The number of anilines is 1. The van der Waals surface area contributed by atoms with Gasteiger partial charge in [-0.15, -0.1) is 0 Å². The Morgan fingerprint density at radius 1 is 0.558 bits per heavy atom. The molecule has 0 saturated heterocycles. The molecule has 0 amide bonds. The smallest absolute Gasteiger partial charge is 0.137 e. The van der Waals surface area contributed by atoms with Crippen LogP contribution in [0.2, 0.25) is 0 Å². The second kappa shape index (κ2) is 12.7. The maximum atomic E-state index is 7.37. The van der Waals surface area contributed by atoms with Crippen LogP contribution in [0, 0.1) is 0 Å². The third-order valence-corrected chi connectivity index (χ3v) is 12.2. The molecule has 0 aliphatic rings. The monoisotopic (exact) mass is 644 g/mol. The van der Waals surface area contributed by atoms with Crippen molar-refractivity contribution in [3.8, 4) is 0 Å². The van der Waals surface area contributed by atoms with Gasteiger partial charge in [0.25, 0.3) is 0 Å². The van der Waals surface area contributed by atoms with Gasteiger partial charge in [-0.2, -0.15) is 0 Å². The zero-order valence-corrected chi connectivity index (χ0v) is 33.7. The molecule has 0 spiro atoms. The van der Waals surface area contributed by atoms with Crippen molar-refractivity contribution < 1.29 is 0 Å². The van der Waals surface area contributed by atoms with E-state index in [4.69, 9.17) is 16.0 Å². The highest BCUT2D eigenvalue weighted by Crippen LogP contribution is 2.58. The molecule has 2 rings (SSSR count). The van der Waals surface area contributed by atoms with Gasteiger partial charge in [-0.1, -0.05) is 167 Å². The van der Waals surface area contributed by atoms with Crippen LogP contribution in [0.1, 0.15) is 165 Å². The molecule has 2 nitrogen and oxygen atoms in total. The Morgan fingerprint density at radius 3 is 1.12 bits per heavy atom. The highest BCUT2D eigenvalue weighted by molar-refractivity contribution is 7.89. The molecular weight excluding hydrogens is 582 g/mol. The minimum atomic E-state index is -0.980. The van der Waals surface area contributed by atoms with E-state index in [0.29, 0.717) is 0 Å². The normalized spacial score (nSPS) is 14.9. The first-order valence-electron chi connectivity index (χ1n) is 16.0. The van der Waals surface area contributed by atoms with Gasteiger partial charge < -0.3 is 0 Å². The molecule has 0 heterocycles. The standard InChI is InChI=1S/C38H63ClN2P2/c1-20-43(39)41(32-29(37(14,15)16)23-26(34(5,6)7)24-30(32)38(17,18)19)42-40-31-27(35(8,9)10)21-25(33(2,3)4)22-28(31)36(11,12)13/h21-24H,20H2,1-19H3. The van der Waals surface area contributed by atoms with E-state index in [1.165, 1.54) is 39.1 Å². The van der Waals surface area contributed by atoms with E-state index in [2.05, 4.69) is 160 Å². The van der Waals surface area contributed by atoms with Crippen LogP contribution in [0.3, 0.4) is 0 Å². The van der Waals surface area contributed by atoms with Gasteiger partial charge in [0.15, 0.2) is 0 Å². The zero-order valence-electron chi connectivity index (χ0n) is 31.2. The molecule has 0 fully saturated rings. The van der Waals surface area contributed by atoms with Crippen molar-refractivity contribution in [2.75, 3.05) is 10.6 Å². The predicted octanol–water partition coefficient (Wildman–Crippen LogP) is 14.2. The number of nitrogens with zero attached hydrogens (tertiary/aromatic N) is 2. The van der Waals surface area contributed by atoms with Gasteiger partial charge >= 0.3 is 0 Å². The lowest BCUT2D eigenvalue weighted by molar-refractivity contribution is 0.550. The van der Waals surface area contributed by atoms with E-state index < -0.39 is 7.43 Å². The molecule has 0 N–H and O–H groups in total. The average Bonchev–Trinajstić information content (AvgIpc) is 2.79. The number of benzene rings is 2. The van der Waals surface area contributed by atoms with Gasteiger partial charge in [-0.25, -0.2) is 4.74 Å². The summed E-state index contributed by atoms with van der Waals surface area (Å²) in [6.07, 6.45) is 0.884. The quantitative estimate of drug-likeness (QED) is 0.296. The van der Waals surface area contributed by atoms with Gasteiger partial charge in [0.05, 0.1) is 18.8 Å². The van der Waals surface area contributed by atoms with Gasteiger partial charge in [-0.3, -0.25) is 4.44 Å². The second-order valence-electron chi connectivity index (χ2n) is 18.5. The molecule has 1 atom stereocenters.